The Morgan fingerprint density at radius 2 is 1.69 bits per heavy atom. The van der Waals surface area contributed by atoms with Crippen LogP contribution in [-0.2, 0) is 11.3 Å². The van der Waals surface area contributed by atoms with E-state index in [1.54, 1.807) is 6.20 Å². The summed E-state index contributed by atoms with van der Waals surface area (Å²) in [5.74, 6) is 3.68. The van der Waals surface area contributed by atoms with Crippen molar-refractivity contribution in [1.29, 1.82) is 0 Å². The smallest absolute Gasteiger partial charge is 0.252 e. The monoisotopic (exact) mass is 706 g/mol. The topological polar surface area (TPSA) is 131 Å². The van der Waals surface area contributed by atoms with Crippen LogP contribution in [0.15, 0.2) is 47.5 Å². The SMILES string of the molecule is Cc1cc(C)c(CNC(O)c2cc(-c3ccc(N4CCN(CCC(=O)NC56CC7CC(CC(C7)C5)C6)CC4)nc3)cc3c2cnn3C(C)C)c(=O)[nH]1. The maximum Gasteiger partial charge on any atom is 0.252 e. The second-order valence-corrected chi connectivity index (χ2v) is 16.6. The molecule has 0 radical (unpaired) electrons. The van der Waals surface area contributed by atoms with Crippen LogP contribution in [0.2, 0.25) is 0 Å². The number of hydrogen-bond acceptors (Lipinski definition) is 8. The summed E-state index contributed by atoms with van der Waals surface area (Å²) >= 11 is 0. The van der Waals surface area contributed by atoms with Crippen LogP contribution in [0.3, 0.4) is 0 Å². The van der Waals surface area contributed by atoms with Gasteiger partial charge in [-0.25, -0.2) is 4.98 Å². The summed E-state index contributed by atoms with van der Waals surface area (Å²) < 4.78 is 1.97. The van der Waals surface area contributed by atoms with Crippen LogP contribution in [0.5, 0.6) is 0 Å². The summed E-state index contributed by atoms with van der Waals surface area (Å²) in [5.41, 5.74) is 5.76. The summed E-state index contributed by atoms with van der Waals surface area (Å²) in [6.45, 7) is 12.5. The molecule has 1 aromatic carbocycles. The van der Waals surface area contributed by atoms with Gasteiger partial charge in [-0.3, -0.25) is 24.5 Å². The van der Waals surface area contributed by atoms with Crippen LogP contribution in [0.1, 0.15) is 93.4 Å². The molecule has 1 aliphatic heterocycles. The quantitative estimate of drug-likeness (QED) is 0.153. The van der Waals surface area contributed by atoms with Gasteiger partial charge in [-0.05, 0) is 125 Å². The van der Waals surface area contributed by atoms with Gasteiger partial charge in [0.25, 0.3) is 5.56 Å². The molecule has 276 valence electrons. The lowest BCUT2D eigenvalue weighted by Crippen LogP contribution is -2.60. The van der Waals surface area contributed by atoms with Crippen molar-refractivity contribution in [2.75, 3.05) is 37.6 Å². The molecule has 4 aromatic rings. The van der Waals surface area contributed by atoms with Gasteiger partial charge in [-0.2, -0.15) is 5.10 Å². The van der Waals surface area contributed by atoms with Crippen molar-refractivity contribution < 1.29 is 9.90 Å². The maximum absolute atomic E-state index is 13.1. The average molecular weight is 707 g/mol. The molecule has 4 saturated carbocycles. The number of benzene rings is 1. The van der Waals surface area contributed by atoms with E-state index in [4.69, 9.17) is 4.98 Å². The van der Waals surface area contributed by atoms with Crippen LogP contribution < -0.4 is 21.1 Å². The van der Waals surface area contributed by atoms with Crippen LogP contribution in [0.25, 0.3) is 22.0 Å². The van der Waals surface area contributed by atoms with E-state index in [1.807, 2.05) is 36.9 Å². The van der Waals surface area contributed by atoms with Crippen LogP contribution in [0, 0.1) is 31.6 Å². The summed E-state index contributed by atoms with van der Waals surface area (Å²) in [7, 11) is 0. The van der Waals surface area contributed by atoms with Crippen molar-refractivity contribution in [2.45, 2.75) is 97.0 Å². The number of aliphatic hydroxyl groups is 1. The number of rotatable bonds is 11. The fraction of sp³-hybridized carbons (Fsp3) is 0.561. The molecule has 1 atom stereocenters. The molecular weight excluding hydrogens is 653 g/mol. The van der Waals surface area contributed by atoms with Gasteiger partial charge < -0.3 is 20.3 Å². The Balaban J connectivity index is 0.904. The predicted molar refractivity (Wildman–Crippen MR) is 204 cm³/mol. The largest absolute Gasteiger partial charge is 0.374 e. The van der Waals surface area contributed by atoms with Gasteiger partial charge in [-0.1, -0.05) is 0 Å². The molecule has 1 unspecified atom stereocenters. The summed E-state index contributed by atoms with van der Waals surface area (Å²) in [5, 5.41) is 23.7. The average Bonchev–Trinajstić information content (AvgIpc) is 3.54. The van der Waals surface area contributed by atoms with Crippen molar-refractivity contribution in [3.05, 3.63) is 75.5 Å². The standard InChI is InChI=1S/C41H54N8O3/c1-25(2)49-36-18-32(17-33(35(36)24-44-49)39(51)43-23-34-26(3)13-27(4)45-40(34)52)31-5-6-37(42-22-31)48-11-9-47(10-12-48)8-7-38(50)46-41-19-28-14-29(20-41)16-30(15-28)21-41/h5-6,13,17-18,22,24-25,28-30,39,43,51H,7-12,14-16,19-21,23H2,1-4H3,(H,45,52)(H,46,50). The summed E-state index contributed by atoms with van der Waals surface area (Å²) in [6, 6.07) is 10.4. The Kier molecular flexibility index (Phi) is 9.46. The Hall–Kier alpha value is -4.06. The van der Waals surface area contributed by atoms with Gasteiger partial charge in [0.05, 0.1) is 11.7 Å². The van der Waals surface area contributed by atoms with Gasteiger partial charge in [0, 0.05) is 91.2 Å². The molecule has 11 nitrogen and oxygen atoms in total. The normalized spacial score (nSPS) is 25.0. The highest BCUT2D eigenvalue weighted by atomic mass is 16.3. The molecule has 4 bridgehead atoms. The first-order chi connectivity index (χ1) is 25.0. The van der Waals surface area contributed by atoms with E-state index in [9.17, 15) is 14.7 Å². The van der Waals surface area contributed by atoms with Crippen molar-refractivity contribution in [2.24, 2.45) is 17.8 Å². The highest BCUT2D eigenvalue weighted by molar-refractivity contribution is 5.88. The van der Waals surface area contributed by atoms with Crippen molar-refractivity contribution in [3.8, 4) is 11.1 Å². The van der Waals surface area contributed by atoms with E-state index in [1.165, 1.54) is 38.5 Å². The second-order valence-electron chi connectivity index (χ2n) is 16.6. The number of amides is 1. The van der Waals surface area contributed by atoms with E-state index in [-0.39, 0.29) is 29.6 Å². The molecule has 1 amide bonds. The zero-order chi connectivity index (χ0) is 36.1. The third-order valence-corrected chi connectivity index (χ3v) is 12.4. The first kappa shape index (κ1) is 35.0. The lowest BCUT2D eigenvalue weighted by molar-refractivity contribution is -0.127. The van der Waals surface area contributed by atoms with Gasteiger partial charge in [0.2, 0.25) is 5.91 Å². The molecular formula is C41H54N8O3. The molecule has 4 aliphatic carbocycles. The molecule has 3 aromatic heterocycles. The number of fused-ring (bicyclic) bond motifs is 1. The van der Waals surface area contributed by atoms with Crippen LogP contribution in [0.4, 0.5) is 5.82 Å². The molecule has 4 N–H and O–H groups in total. The zero-order valence-corrected chi connectivity index (χ0v) is 31.1. The highest BCUT2D eigenvalue weighted by Gasteiger charge is 2.51. The van der Waals surface area contributed by atoms with E-state index in [0.717, 1.165) is 89.6 Å². The lowest BCUT2D eigenvalue weighted by Gasteiger charge is -2.57. The number of anilines is 1. The van der Waals surface area contributed by atoms with Gasteiger partial charge in [-0.15, -0.1) is 0 Å². The number of hydrogen-bond donors (Lipinski definition) is 4. The first-order valence-electron chi connectivity index (χ1n) is 19.4. The Morgan fingerprint density at radius 1 is 0.981 bits per heavy atom. The molecule has 11 heteroatoms. The van der Waals surface area contributed by atoms with Crippen LogP contribution >= 0.6 is 0 Å². The minimum absolute atomic E-state index is 0.0879. The maximum atomic E-state index is 13.1. The minimum atomic E-state index is -1.01. The molecule has 5 fully saturated rings. The van der Waals surface area contributed by atoms with Crippen molar-refractivity contribution in [3.63, 3.8) is 0 Å². The number of aromatic amines is 1. The van der Waals surface area contributed by atoms with E-state index >= 15 is 0 Å². The number of nitrogens with one attached hydrogen (secondary N) is 3. The highest BCUT2D eigenvalue weighted by Crippen LogP contribution is 2.55. The number of carbonyl (C=O) groups excluding carboxylic acids is 1. The Morgan fingerprint density at radius 3 is 2.33 bits per heavy atom. The number of aryl methyl sites for hydroxylation is 2. The summed E-state index contributed by atoms with van der Waals surface area (Å²) in [4.78, 5) is 38.2. The van der Waals surface area contributed by atoms with Crippen molar-refractivity contribution >= 4 is 22.6 Å². The number of aliphatic hydroxyl groups excluding tert-OH is 1. The lowest BCUT2D eigenvalue weighted by atomic mass is 9.53. The first-order valence-corrected chi connectivity index (χ1v) is 19.4. The Bertz CT molecular complexity index is 1960. The number of carbonyl (C=O) groups is 1. The Labute approximate surface area is 306 Å². The van der Waals surface area contributed by atoms with E-state index in [0.29, 0.717) is 17.5 Å². The number of H-pyrrole nitrogens is 1. The molecule has 0 spiro atoms. The van der Waals surface area contributed by atoms with Crippen molar-refractivity contribution in [1.82, 2.24) is 35.3 Å². The number of nitrogens with zero attached hydrogens (tertiary/aromatic N) is 5. The minimum Gasteiger partial charge on any atom is -0.374 e. The van der Waals surface area contributed by atoms with E-state index in [2.05, 4.69) is 62.6 Å². The van der Waals surface area contributed by atoms with Gasteiger partial charge >= 0.3 is 0 Å². The van der Waals surface area contributed by atoms with E-state index < -0.39 is 6.23 Å². The predicted octanol–water partition coefficient (Wildman–Crippen LogP) is 5.36. The molecule has 5 aliphatic rings. The van der Waals surface area contributed by atoms with Gasteiger partial charge in [0.15, 0.2) is 0 Å². The third-order valence-electron chi connectivity index (χ3n) is 12.4. The fourth-order valence-corrected chi connectivity index (χ4v) is 10.2. The zero-order valence-electron chi connectivity index (χ0n) is 31.1. The van der Waals surface area contributed by atoms with Gasteiger partial charge in [0.1, 0.15) is 12.0 Å². The molecule has 1 saturated heterocycles. The summed E-state index contributed by atoms with van der Waals surface area (Å²) in [6.07, 6.45) is 11.0. The number of piperazine rings is 1. The third kappa shape index (κ3) is 7.02. The molecule has 52 heavy (non-hydrogen) atoms. The van der Waals surface area contributed by atoms with Crippen LogP contribution in [-0.4, -0.2) is 73.9 Å². The molecule has 4 heterocycles. The number of pyridine rings is 2. The second kappa shape index (κ2) is 14.1. The number of aromatic nitrogens is 4. The molecule has 9 rings (SSSR count). The fourth-order valence-electron chi connectivity index (χ4n) is 10.2.